The molecule has 1 heterocycles. The van der Waals surface area contributed by atoms with E-state index in [0.29, 0.717) is 18.7 Å². The van der Waals surface area contributed by atoms with E-state index in [1.165, 1.54) is 35.2 Å². The van der Waals surface area contributed by atoms with E-state index in [1.54, 1.807) is 13.2 Å². The molecule has 1 fully saturated rings. The number of hydrogen-bond acceptors (Lipinski definition) is 3. The molecular weight excluding hydrogens is 347 g/mol. The Kier molecular flexibility index (Phi) is 3.65. The predicted molar refractivity (Wildman–Crippen MR) is 87.6 cm³/mol. The quantitative estimate of drug-likeness (QED) is 0.893. The second kappa shape index (κ2) is 5.56. The molecule has 7 heteroatoms. The number of amides is 1. The van der Waals surface area contributed by atoms with E-state index in [0.717, 1.165) is 6.07 Å². The van der Waals surface area contributed by atoms with Gasteiger partial charge in [0.2, 0.25) is 5.60 Å². The first-order valence-corrected chi connectivity index (χ1v) is 8.13. The van der Waals surface area contributed by atoms with Crippen LogP contribution >= 0.6 is 0 Å². The van der Waals surface area contributed by atoms with Gasteiger partial charge >= 0.3 is 6.18 Å². The van der Waals surface area contributed by atoms with Crippen molar-refractivity contribution < 1.29 is 27.8 Å². The highest BCUT2D eigenvalue weighted by Crippen LogP contribution is 2.55. The summed E-state index contributed by atoms with van der Waals surface area (Å²) in [6.07, 6.45) is -4.96. The van der Waals surface area contributed by atoms with Gasteiger partial charge in [0.05, 0.1) is 6.10 Å². The predicted octanol–water partition coefficient (Wildman–Crippen LogP) is 2.94. The maximum atomic E-state index is 13.8. The number of alkyl halides is 3. The van der Waals surface area contributed by atoms with Crippen LogP contribution in [0, 0.1) is 0 Å². The molecule has 1 amide bonds. The standard InChI is InChI=1S/C19H16F3NO3/c1-26-12-9-23(10-12)17(24)11-6-7-14-13-4-2-3-5-15(13)18(25,16(14)8-11)19(20,21)22/h2-8,12,25H,9-10H2,1H3. The van der Waals surface area contributed by atoms with Gasteiger partial charge in [-0.05, 0) is 23.3 Å². The van der Waals surface area contributed by atoms with Gasteiger partial charge in [-0.25, -0.2) is 0 Å². The number of methoxy groups -OCH3 is 1. The van der Waals surface area contributed by atoms with Gasteiger partial charge in [0.25, 0.3) is 5.91 Å². The molecule has 1 aliphatic carbocycles. The molecule has 2 aromatic rings. The summed E-state index contributed by atoms with van der Waals surface area (Å²) in [5, 5.41) is 10.7. The molecule has 0 spiro atoms. The number of hydrogen-bond donors (Lipinski definition) is 1. The summed E-state index contributed by atoms with van der Waals surface area (Å²) >= 11 is 0. The highest BCUT2D eigenvalue weighted by Gasteiger charge is 2.60. The van der Waals surface area contributed by atoms with Crippen LogP contribution < -0.4 is 0 Å². The summed E-state index contributed by atoms with van der Waals surface area (Å²) in [4.78, 5) is 14.0. The Balaban J connectivity index is 1.79. The van der Waals surface area contributed by atoms with Crippen LogP contribution in [0.5, 0.6) is 0 Å². The average Bonchev–Trinajstić information content (AvgIpc) is 2.84. The van der Waals surface area contributed by atoms with E-state index in [4.69, 9.17) is 4.74 Å². The van der Waals surface area contributed by atoms with Crippen molar-refractivity contribution in [3.63, 3.8) is 0 Å². The lowest BCUT2D eigenvalue weighted by Gasteiger charge is -2.38. The third-order valence-corrected chi connectivity index (χ3v) is 5.14. The number of rotatable bonds is 2. The van der Waals surface area contributed by atoms with Crippen molar-refractivity contribution >= 4 is 5.91 Å². The molecular formula is C19H16F3NO3. The first kappa shape index (κ1) is 17.1. The first-order valence-electron chi connectivity index (χ1n) is 8.13. The summed E-state index contributed by atoms with van der Waals surface area (Å²) < 4.78 is 46.5. The molecule has 2 aromatic carbocycles. The minimum Gasteiger partial charge on any atom is -0.378 e. The van der Waals surface area contributed by atoms with Crippen LogP contribution in [0.4, 0.5) is 13.2 Å². The Hall–Kier alpha value is -2.38. The number of benzene rings is 2. The Morgan fingerprint density at radius 2 is 1.81 bits per heavy atom. The van der Waals surface area contributed by atoms with Crippen LogP contribution in [0.15, 0.2) is 42.5 Å². The fourth-order valence-corrected chi connectivity index (χ4v) is 3.63. The van der Waals surface area contributed by atoms with Crippen LogP contribution in [0.2, 0.25) is 0 Å². The van der Waals surface area contributed by atoms with E-state index in [2.05, 4.69) is 0 Å². The number of carbonyl (C=O) groups is 1. The first-order chi connectivity index (χ1) is 12.3. The van der Waals surface area contributed by atoms with Crippen molar-refractivity contribution in [3.05, 3.63) is 59.2 Å². The van der Waals surface area contributed by atoms with E-state index >= 15 is 0 Å². The lowest BCUT2D eigenvalue weighted by Crippen LogP contribution is -2.54. The van der Waals surface area contributed by atoms with Gasteiger partial charge in [0.15, 0.2) is 0 Å². The molecule has 1 N–H and O–H groups in total. The molecule has 136 valence electrons. The summed E-state index contributed by atoms with van der Waals surface area (Å²) in [6, 6.07) is 10.0. The van der Waals surface area contributed by atoms with Gasteiger partial charge in [0, 0.05) is 36.9 Å². The zero-order chi connectivity index (χ0) is 18.7. The highest BCUT2D eigenvalue weighted by atomic mass is 19.4. The number of carbonyl (C=O) groups excluding carboxylic acids is 1. The second-order valence-electron chi connectivity index (χ2n) is 6.58. The van der Waals surface area contributed by atoms with Crippen LogP contribution in [0.25, 0.3) is 11.1 Å². The summed E-state index contributed by atoms with van der Waals surface area (Å²) in [5.41, 5.74) is -2.91. The van der Waals surface area contributed by atoms with E-state index < -0.39 is 11.8 Å². The van der Waals surface area contributed by atoms with Crippen molar-refractivity contribution in [2.75, 3.05) is 20.2 Å². The average molecular weight is 363 g/mol. The second-order valence-corrected chi connectivity index (χ2v) is 6.58. The minimum atomic E-state index is -4.91. The molecule has 0 bridgehead atoms. The van der Waals surface area contributed by atoms with Gasteiger partial charge in [-0.3, -0.25) is 4.79 Å². The summed E-state index contributed by atoms with van der Waals surface area (Å²) in [6.45, 7) is 0.798. The normalized spacial score (nSPS) is 22.0. The highest BCUT2D eigenvalue weighted by molar-refractivity contribution is 5.96. The number of likely N-dealkylation sites (tertiary alicyclic amines) is 1. The number of aliphatic hydroxyl groups is 1. The van der Waals surface area contributed by atoms with Crippen LogP contribution in [-0.2, 0) is 10.3 Å². The maximum absolute atomic E-state index is 13.8. The van der Waals surface area contributed by atoms with Crippen molar-refractivity contribution in [1.29, 1.82) is 0 Å². The lowest BCUT2D eigenvalue weighted by molar-refractivity contribution is -0.246. The Labute approximate surface area is 147 Å². The zero-order valence-electron chi connectivity index (χ0n) is 13.9. The number of fused-ring (bicyclic) bond motifs is 3. The van der Waals surface area contributed by atoms with Gasteiger partial charge in [-0.15, -0.1) is 0 Å². The lowest BCUT2D eigenvalue weighted by atomic mass is 9.89. The molecule has 1 atom stereocenters. The summed E-state index contributed by atoms with van der Waals surface area (Å²) in [5.74, 6) is -0.374. The van der Waals surface area contributed by atoms with Gasteiger partial charge < -0.3 is 14.7 Å². The third kappa shape index (κ3) is 2.20. The van der Waals surface area contributed by atoms with Crippen LogP contribution in [0.1, 0.15) is 21.5 Å². The van der Waals surface area contributed by atoms with Crippen molar-refractivity contribution in [1.82, 2.24) is 4.90 Å². The van der Waals surface area contributed by atoms with Gasteiger partial charge in [-0.2, -0.15) is 13.2 Å². The minimum absolute atomic E-state index is 0.0512. The van der Waals surface area contributed by atoms with E-state index in [9.17, 15) is 23.1 Å². The molecule has 4 rings (SSSR count). The SMILES string of the molecule is COC1CN(C(=O)c2ccc3c(c2)C(O)(C(F)(F)F)c2ccccc2-3)C1. The fraction of sp³-hybridized carbons (Fsp3) is 0.316. The van der Waals surface area contributed by atoms with E-state index in [1.807, 2.05) is 0 Å². The van der Waals surface area contributed by atoms with Crippen LogP contribution in [-0.4, -0.2) is 48.4 Å². The third-order valence-electron chi connectivity index (χ3n) is 5.14. The van der Waals surface area contributed by atoms with Crippen molar-refractivity contribution in [2.24, 2.45) is 0 Å². The van der Waals surface area contributed by atoms with Crippen molar-refractivity contribution in [2.45, 2.75) is 17.9 Å². The molecule has 2 aliphatic rings. The molecule has 4 nitrogen and oxygen atoms in total. The van der Waals surface area contributed by atoms with Crippen molar-refractivity contribution in [3.8, 4) is 11.1 Å². The zero-order valence-corrected chi connectivity index (χ0v) is 13.9. The van der Waals surface area contributed by atoms with Gasteiger partial charge in [0.1, 0.15) is 0 Å². The van der Waals surface area contributed by atoms with Gasteiger partial charge in [-0.1, -0.05) is 30.3 Å². The smallest absolute Gasteiger partial charge is 0.378 e. The number of halogens is 3. The molecule has 1 unspecified atom stereocenters. The molecule has 0 saturated carbocycles. The monoisotopic (exact) mass is 363 g/mol. The number of ether oxygens (including phenoxy) is 1. The Bertz CT molecular complexity index is 890. The molecule has 1 saturated heterocycles. The largest absolute Gasteiger partial charge is 0.425 e. The van der Waals surface area contributed by atoms with E-state index in [-0.39, 0.29) is 34.3 Å². The van der Waals surface area contributed by atoms with Crippen LogP contribution in [0.3, 0.4) is 0 Å². The number of nitrogens with zero attached hydrogens (tertiary/aromatic N) is 1. The molecule has 0 aromatic heterocycles. The molecule has 0 radical (unpaired) electrons. The fourth-order valence-electron chi connectivity index (χ4n) is 3.63. The molecule has 26 heavy (non-hydrogen) atoms. The molecule has 1 aliphatic heterocycles. The maximum Gasteiger partial charge on any atom is 0.425 e. The summed E-state index contributed by atoms with van der Waals surface area (Å²) in [7, 11) is 1.54. The topological polar surface area (TPSA) is 49.8 Å². The Morgan fingerprint density at radius 1 is 1.15 bits per heavy atom. The Morgan fingerprint density at radius 3 is 2.46 bits per heavy atom.